The molecular weight excluding hydrogens is 192 g/mol. The average Bonchev–Trinajstić information content (AvgIpc) is 2.21. The van der Waals surface area contributed by atoms with Crippen LogP contribution in [0.1, 0.15) is 26.7 Å². The van der Waals surface area contributed by atoms with Gasteiger partial charge >= 0.3 is 0 Å². The van der Waals surface area contributed by atoms with Crippen LogP contribution in [-0.4, -0.2) is 17.4 Å². The number of nitriles is 1. The molecule has 0 saturated carbocycles. The normalized spacial score (nSPS) is 29.1. The summed E-state index contributed by atoms with van der Waals surface area (Å²) in [6.07, 6.45) is 3.87. The highest BCUT2D eigenvalue weighted by Crippen LogP contribution is 2.24. The SMILES string of the molecule is CC1C=C(CCC#N)C(C)CN(S)C1. The molecule has 0 N–H and O–H groups in total. The Morgan fingerprint density at radius 3 is 2.93 bits per heavy atom. The maximum Gasteiger partial charge on any atom is 0.0625 e. The summed E-state index contributed by atoms with van der Waals surface area (Å²) < 4.78 is 2.07. The molecular formula is C11H18N2S. The molecule has 0 amide bonds. The molecule has 1 rings (SSSR count). The zero-order valence-corrected chi connectivity index (χ0v) is 9.80. The highest BCUT2D eigenvalue weighted by atomic mass is 32.1. The molecule has 78 valence electrons. The molecule has 0 aromatic heterocycles. The molecule has 0 aliphatic carbocycles. The van der Waals surface area contributed by atoms with Crippen molar-refractivity contribution in [3.8, 4) is 6.07 Å². The maximum absolute atomic E-state index is 8.57. The summed E-state index contributed by atoms with van der Waals surface area (Å²) >= 11 is 4.42. The van der Waals surface area contributed by atoms with Gasteiger partial charge in [0.25, 0.3) is 0 Å². The van der Waals surface area contributed by atoms with Gasteiger partial charge in [0.1, 0.15) is 0 Å². The molecule has 0 saturated heterocycles. The van der Waals surface area contributed by atoms with E-state index in [2.05, 4.69) is 43.1 Å². The van der Waals surface area contributed by atoms with E-state index < -0.39 is 0 Å². The van der Waals surface area contributed by atoms with Crippen molar-refractivity contribution in [1.82, 2.24) is 4.31 Å². The van der Waals surface area contributed by atoms with E-state index in [1.165, 1.54) is 5.57 Å². The highest BCUT2D eigenvalue weighted by molar-refractivity contribution is 7.77. The molecule has 0 aromatic rings. The molecule has 14 heavy (non-hydrogen) atoms. The molecule has 0 aromatic carbocycles. The second kappa shape index (κ2) is 5.43. The number of thiol groups is 1. The minimum Gasteiger partial charge on any atom is -0.252 e. The Morgan fingerprint density at radius 2 is 2.29 bits per heavy atom. The van der Waals surface area contributed by atoms with Crippen LogP contribution in [0.3, 0.4) is 0 Å². The molecule has 2 atom stereocenters. The molecule has 2 nitrogen and oxygen atoms in total. The lowest BCUT2D eigenvalue weighted by Crippen LogP contribution is -2.21. The molecule has 1 aliphatic rings. The minimum absolute atomic E-state index is 0.533. The van der Waals surface area contributed by atoms with Gasteiger partial charge in [-0.15, -0.1) is 0 Å². The predicted molar refractivity (Wildman–Crippen MR) is 61.8 cm³/mol. The van der Waals surface area contributed by atoms with E-state index in [-0.39, 0.29) is 0 Å². The summed E-state index contributed by atoms with van der Waals surface area (Å²) in [5.41, 5.74) is 1.43. The molecule has 0 bridgehead atoms. The van der Waals surface area contributed by atoms with Gasteiger partial charge < -0.3 is 0 Å². The van der Waals surface area contributed by atoms with E-state index in [4.69, 9.17) is 5.26 Å². The topological polar surface area (TPSA) is 27.0 Å². The number of nitrogens with zero attached hydrogens (tertiary/aromatic N) is 2. The van der Waals surface area contributed by atoms with Crippen LogP contribution in [0.15, 0.2) is 11.6 Å². The van der Waals surface area contributed by atoms with Gasteiger partial charge in [0.05, 0.1) is 6.07 Å². The Balaban J connectivity index is 2.65. The lowest BCUT2D eigenvalue weighted by molar-refractivity contribution is 0.409. The van der Waals surface area contributed by atoms with E-state index in [9.17, 15) is 0 Å². The third-order valence-corrected chi connectivity index (χ3v) is 2.97. The van der Waals surface area contributed by atoms with Crippen LogP contribution in [0.4, 0.5) is 0 Å². The molecule has 1 heterocycles. The number of hydrogen-bond acceptors (Lipinski definition) is 3. The second-order valence-electron chi connectivity index (χ2n) is 4.15. The van der Waals surface area contributed by atoms with E-state index in [0.29, 0.717) is 18.3 Å². The molecule has 1 aliphatic heterocycles. The first-order valence-corrected chi connectivity index (χ1v) is 5.55. The Hall–Kier alpha value is -0.460. The molecule has 2 unspecified atom stereocenters. The third kappa shape index (κ3) is 3.36. The Bertz CT molecular complexity index is 255. The van der Waals surface area contributed by atoms with Crippen molar-refractivity contribution in [1.29, 1.82) is 5.26 Å². The Morgan fingerprint density at radius 1 is 1.57 bits per heavy atom. The van der Waals surface area contributed by atoms with Crippen LogP contribution in [-0.2, 0) is 0 Å². The first-order chi connectivity index (χ1) is 6.63. The predicted octanol–water partition coefficient (Wildman–Crippen LogP) is 2.65. The quantitative estimate of drug-likeness (QED) is 0.560. The number of rotatable bonds is 2. The van der Waals surface area contributed by atoms with Crippen molar-refractivity contribution in [2.24, 2.45) is 11.8 Å². The van der Waals surface area contributed by atoms with E-state index >= 15 is 0 Å². The van der Waals surface area contributed by atoms with Crippen LogP contribution in [0.2, 0.25) is 0 Å². The van der Waals surface area contributed by atoms with Gasteiger partial charge in [-0.05, 0) is 18.3 Å². The first kappa shape index (κ1) is 11.6. The fourth-order valence-corrected chi connectivity index (χ4v) is 2.46. The summed E-state index contributed by atoms with van der Waals surface area (Å²) in [7, 11) is 0. The lowest BCUT2D eigenvalue weighted by Gasteiger charge is -2.18. The van der Waals surface area contributed by atoms with Crippen molar-refractivity contribution in [3.63, 3.8) is 0 Å². The van der Waals surface area contributed by atoms with Gasteiger partial charge in [-0.3, -0.25) is 4.31 Å². The van der Waals surface area contributed by atoms with Crippen molar-refractivity contribution >= 4 is 12.8 Å². The summed E-state index contributed by atoms with van der Waals surface area (Å²) in [5.74, 6) is 1.08. The van der Waals surface area contributed by atoms with Crippen LogP contribution < -0.4 is 0 Å². The average molecular weight is 210 g/mol. The molecule has 0 radical (unpaired) electrons. The second-order valence-corrected chi connectivity index (χ2v) is 4.72. The summed E-state index contributed by atoms with van der Waals surface area (Å²) in [6.45, 7) is 6.41. The van der Waals surface area contributed by atoms with Crippen LogP contribution in [0.25, 0.3) is 0 Å². The smallest absolute Gasteiger partial charge is 0.0625 e. The van der Waals surface area contributed by atoms with Crippen molar-refractivity contribution in [2.75, 3.05) is 13.1 Å². The fourth-order valence-electron chi connectivity index (χ4n) is 1.95. The first-order valence-electron chi connectivity index (χ1n) is 5.15. The highest BCUT2D eigenvalue weighted by Gasteiger charge is 2.18. The van der Waals surface area contributed by atoms with Crippen LogP contribution in [0, 0.1) is 23.2 Å². The van der Waals surface area contributed by atoms with Gasteiger partial charge in [0.2, 0.25) is 0 Å². The fraction of sp³-hybridized carbons (Fsp3) is 0.727. The standard InChI is InChI=1S/C11H18N2S/c1-9-6-11(4-3-5-12)10(2)8-13(14)7-9/h6,9-10,14H,3-4,7-8H2,1-2H3. The van der Waals surface area contributed by atoms with Gasteiger partial charge in [0, 0.05) is 19.5 Å². The van der Waals surface area contributed by atoms with Gasteiger partial charge in [-0.2, -0.15) is 5.26 Å². The van der Waals surface area contributed by atoms with Crippen LogP contribution >= 0.6 is 12.8 Å². The third-order valence-electron chi connectivity index (χ3n) is 2.64. The largest absolute Gasteiger partial charge is 0.252 e. The molecule has 0 fully saturated rings. The van der Waals surface area contributed by atoms with Gasteiger partial charge in [0.15, 0.2) is 0 Å². The monoisotopic (exact) mass is 210 g/mol. The van der Waals surface area contributed by atoms with Gasteiger partial charge in [-0.1, -0.05) is 38.3 Å². The zero-order chi connectivity index (χ0) is 10.6. The Labute approximate surface area is 92.1 Å². The van der Waals surface area contributed by atoms with Gasteiger partial charge in [-0.25, -0.2) is 0 Å². The maximum atomic E-state index is 8.57. The van der Waals surface area contributed by atoms with E-state index in [0.717, 1.165) is 19.5 Å². The lowest BCUT2D eigenvalue weighted by atomic mass is 9.95. The molecule has 3 heteroatoms. The summed E-state index contributed by atoms with van der Waals surface area (Å²) in [6, 6.07) is 2.21. The zero-order valence-electron chi connectivity index (χ0n) is 8.90. The Kier molecular flexibility index (Phi) is 4.50. The summed E-state index contributed by atoms with van der Waals surface area (Å²) in [4.78, 5) is 0. The molecule has 0 spiro atoms. The number of hydrogen-bond donors (Lipinski definition) is 1. The van der Waals surface area contributed by atoms with Crippen molar-refractivity contribution in [2.45, 2.75) is 26.7 Å². The van der Waals surface area contributed by atoms with E-state index in [1.807, 2.05) is 0 Å². The van der Waals surface area contributed by atoms with Crippen molar-refractivity contribution in [3.05, 3.63) is 11.6 Å². The van der Waals surface area contributed by atoms with Crippen LogP contribution in [0.5, 0.6) is 0 Å². The van der Waals surface area contributed by atoms with E-state index in [1.54, 1.807) is 0 Å². The van der Waals surface area contributed by atoms with Crippen molar-refractivity contribution < 1.29 is 0 Å². The minimum atomic E-state index is 0.533. The summed E-state index contributed by atoms with van der Waals surface area (Å²) in [5, 5.41) is 8.57.